The van der Waals surface area contributed by atoms with Gasteiger partial charge >= 0.3 is 0 Å². The predicted octanol–water partition coefficient (Wildman–Crippen LogP) is 3.08. The van der Waals surface area contributed by atoms with Crippen molar-refractivity contribution >= 4 is 16.8 Å². The second kappa shape index (κ2) is 5.72. The number of hydrogen-bond acceptors (Lipinski definition) is 3. The summed E-state index contributed by atoms with van der Waals surface area (Å²) in [6.45, 7) is 2.62. The van der Waals surface area contributed by atoms with Crippen LogP contribution >= 0.6 is 0 Å². The maximum absolute atomic E-state index is 12.3. The van der Waals surface area contributed by atoms with Crippen molar-refractivity contribution in [2.75, 3.05) is 13.7 Å². The lowest BCUT2D eigenvalue weighted by molar-refractivity contribution is 0.0952. The number of ether oxygens (including phenoxy) is 1. The summed E-state index contributed by atoms with van der Waals surface area (Å²) in [6, 6.07) is 7.61. The number of nitrogens with zero attached hydrogens (tertiary/aromatic N) is 1. The minimum Gasteiger partial charge on any atom is -0.497 e. The summed E-state index contributed by atoms with van der Waals surface area (Å²) < 4.78 is 5.20. The Hall–Kier alpha value is -2.10. The van der Waals surface area contributed by atoms with Crippen LogP contribution in [-0.2, 0) is 0 Å². The van der Waals surface area contributed by atoms with Crippen LogP contribution in [0, 0.1) is 12.8 Å². The van der Waals surface area contributed by atoms with Crippen LogP contribution < -0.4 is 10.1 Å². The second-order valence-electron chi connectivity index (χ2n) is 5.67. The van der Waals surface area contributed by atoms with Gasteiger partial charge in [0.1, 0.15) is 5.75 Å². The van der Waals surface area contributed by atoms with Crippen molar-refractivity contribution in [3.8, 4) is 5.75 Å². The molecule has 3 rings (SSSR count). The summed E-state index contributed by atoms with van der Waals surface area (Å²) in [5, 5.41) is 3.95. The van der Waals surface area contributed by atoms with E-state index in [2.05, 4.69) is 10.3 Å². The highest BCUT2D eigenvalue weighted by Crippen LogP contribution is 2.31. The summed E-state index contributed by atoms with van der Waals surface area (Å²) in [6.07, 6.45) is 3.71. The maximum Gasteiger partial charge on any atom is 0.253 e. The number of nitrogens with one attached hydrogen (secondary N) is 1. The van der Waals surface area contributed by atoms with E-state index in [0.717, 1.165) is 41.2 Å². The fraction of sp³-hybridized carbons (Fsp3) is 0.412. The van der Waals surface area contributed by atoms with E-state index in [1.54, 1.807) is 7.11 Å². The summed E-state index contributed by atoms with van der Waals surface area (Å²) in [4.78, 5) is 16.8. The van der Waals surface area contributed by atoms with Crippen molar-refractivity contribution in [3.05, 3.63) is 35.5 Å². The monoisotopic (exact) mass is 284 g/mol. The van der Waals surface area contributed by atoms with Crippen LogP contribution in [0.2, 0.25) is 0 Å². The highest BCUT2D eigenvalue weighted by Gasteiger charge is 2.21. The highest BCUT2D eigenvalue weighted by atomic mass is 16.5. The molecule has 0 atom stereocenters. The molecule has 2 aromatic rings. The van der Waals surface area contributed by atoms with Crippen LogP contribution in [0.5, 0.6) is 5.75 Å². The molecule has 0 spiro atoms. The number of hydrogen-bond donors (Lipinski definition) is 1. The minimum atomic E-state index is -0.0293. The zero-order valence-electron chi connectivity index (χ0n) is 12.5. The van der Waals surface area contributed by atoms with Gasteiger partial charge in [-0.3, -0.25) is 9.78 Å². The summed E-state index contributed by atoms with van der Waals surface area (Å²) >= 11 is 0. The number of rotatable bonds is 5. The SMILES string of the molecule is COc1ccc2cc(C(=O)NCCC3CC3)c(C)nc2c1. The Kier molecular flexibility index (Phi) is 3.78. The highest BCUT2D eigenvalue weighted by molar-refractivity contribution is 5.98. The smallest absolute Gasteiger partial charge is 0.253 e. The molecule has 1 fully saturated rings. The number of carbonyl (C=O) groups excluding carboxylic acids is 1. The van der Waals surface area contributed by atoms with Crippen molar-refractivity contribution in [2.24, 2.45) is 5.92 Å². The van der Waals surface area contributed by atoms with Crippen LogP contribution in [0.15, 0.2) is 24.3 Å². The number of aromatic nitrogens is 1. The zero-order chi connectivity index (χ0) is 14.8. The van der Waals surface area contributed by atoms with E-state index in [1.807, 2.05) is 31.2 Å². The Morgan fingerprint density at radius 2 is 2.19 bits per heavy atom. The van der Waals surface area contributed by atoms with Crippen LogP contribution in [-0.4, -0.2) is 24.5 Å². The van der Waals surface area contributed by atoms with Crippen LogP contribution in [0.1, 0.15) is 35.3 Å². The molecule has 1 amide bonds. The largest absolute Gasteiger partial charge is 0.497 e. The van der Waals surface area contributed by atoms with Gasteiger partial charge < -0.3 is 10.1 Å². The van der Waals surface area contributed by atoms with Gasteiger partial charge in [0.15, 0.2) is 0 Å². The molecule has 1 heterocycles. The van der Waals surface area contributed by atoms with Gasteiger partial charge in [-0.15, -0.1) is 0 Å². The van der Waals surface area contributed by atoms with E-state index in [4.69, 9.17) is 4.74 Å². The molecule has 4 nitrogen and oxygen atoms in total. The Morgan fingerprint density at radius 1 is 1.38 bits per heavy atom. The van der Waals surface area contributed by atoms with Gasteiger partial charge in [0.25, 0.3) is 5.91 Å². The van der Waals surface area contributed by atoms with Gasteiger partial charge in [-0.05, 0) is 37.5 Å². The molecule has 0 bridgehead atoms. The number of amides is 1. The molecule has 0 unspecified atom stereocenters. The Labute approximate surface area is 124 Å². The van der Waals surface area contributed by atoms with Crippen LogP contribution in [0.4, 0.5) is 0 Å². The molecule has 1 aliphatic carbocycles. The molecular formula is C17H20N2O2. The molecule has 0 saturated heterocycles. The quantitative estimate of drug-likeness (QED) is 0.918. The lowest BCUT2D eigenvalue weighted by atomic mass is 10.1. The van der Waals surface area contributed by atoms with Crippen molar-refractivity contribution < 1.29 is 9.53 Å². The number of methoxy groups -OCH3 is 1. The van der Waals surface area contributed by atoms with Gasteiger partial charge in [0.05, 0.1) is 23.9 Å². The first kappa shape index (κ1) is 13.9. The van der Waals surface area contributed by atoms with Crippen molar-refractivity contribution in [1.82, 2.24) is 10.3 Å². The number of pyridine rings is 1. The predicted molar refractivity (Wildman–Crippen MR) is 82.7 cm³/mol. The van der Waals surface area contributed by atoms with Crippen molar-refractivity contribution in [1.29, 1.82) is 0 Å². The standard InChI is InChI=1S/C17H20N2O2/c1-11-15(17(20)18-8-7-12-3-4-12)9-13-5-6-14(21-2)10-16(13)19-11/h5-6,9-10,12H,3-4,7-8H2,1-2H3,(H,18,20). The molecule has 1 saturated carbocycles. The van der Waals surface area contributed by atoms with E-state index in [9.17, 15) is 4.79 Å². The lowest BCUT2D eigenvalue weighted by Gasteiger charge is -2.09. The molecule has 4 heteroatoms. The zero-order valence-corrected chi connectivity index (χ0v) is 12.5. The third-order valence-corrected chi connectivity index (χ3v) is 4.00. The van der Waals surface area contributed by atoms with Gasteiger partial charge in [0.2, 0.25) is 0 Å². The van der Waals surface area contributed by atoms with Gasteiger partial charge in [-0.2, -0.15) is 0 Å². The maximum atomic E-state index is 12.3. The fourth-order valence-electron chi connectivity index (χ4n) is 2.49. The molecular weight excluding hydrogens is 264 g/mol. The summed E-state index contributed by atoms with van der Waals surface area (Å²) in [5.41, 5.74) is 2.25. The topological polar surface area (TPSA) is 51.2 Å². The number of carbonyl (C=O) groups is 1. The van der Waals surface area contributed by atoms with Gasteiger partial charge in [-0.25, -0.2) is 0 Å². The van der Waals surface area contributed by atoms with Gasteiger partial charge in [-0.1, -0.05) is 12.8 Å². The average molecular weight is 284 g/mol. The van der Waals surface area contributed by atoms with E-state index in [0.29, 0.717) is 5.56 Å². The third kappa shape index (κ3) is 3.15. The number of fused-ring (bicyclic) bond motifs is 1. The first-order valence-corrected chi connectivity index (χ1v) is 7.41. The summed E-state index contributed by atoms with van der Waals surface area (Å²) in [7, 11) is 1.63. The van der Waals surface area contributed by atoms with E-state index < -0.39 is 0 Å². The molecule has 0 aliphatic heterocycles. The molecule has 110 valence electrons. The van der Waals surface area contributed by atoms with Crippen molar-refractivity contribution in [3.63, 3.8) is 0 Å². The van der Waals surface area contributed by atoms with E-state index >= 15 is 0 Å². The second-order valence-corrected chi connectivity index (χ2v) is 5.67. The third-order valence-electron chi connectivity index (χ3n) is 4.00. The first-order chi connectivity index (χ1) is 10.2. The van der Waals surface area contributed by atoms with Crippen molar-refractivity contribution in [2.45, 2.75) is 26.2 Å². The Bertz CT molecular complexity index is 678. The first-order valence-electron chi connectivity index (χ1n) is 7.41. The number of aryl methyl sites for hydroxylation is 1. The molecule has 1 aromatic heterocycles. The average Bonchev–Trinajstić information content (AvgIpc) is 3.30. The summed E-state index contributed by atoms with van der Waals surface area (Å²) in [5.74, 6) is 1.57. The van der Waals surface area contributed by atoms with E-state index in [-0.39, 0.29) is 5.91 Å². The lowest BCUT2D eigenvalue weighted by Crippen LogP contribution is -2.25. The van der Waals surface area contributed by atoms with Gasteiger partial charge in [0, 0.05) is 18.0 Å². The minimum absolute atomic E-state index is 0.0293. The molecule has 1 aromatic carbocycles. The molecule has 0 radical (unpaired) electrons. The Morgan fingerprint density at radius 3 is 2.90 bits per heavy atom. The molecule has 1 N–H and O–H groups in total. The number of benzene rings is 1. The fourth-order valence-corrected chi connectivity index (χ4v) is 2.49. The molecule has 1 aliphatic rings. The van der Waals surface area contributed by atoms with Crippen LogP contribution in [0.3, 0.4) is 0 Å². The molecule has 21 heavy (non-hydrogen) atoms. The van der Waals surface area contributed by atoms with Crippen LogP contribution in [0.25, 0.3) is 10.9 Å². The van der Waals surface area contributed by atoms with E-state index in [1.165, 1.54) is 12.8 Å². The normalized spacial score (nSPS) is 14.2. The Balaban J connectivity index is 1.80.